The second-order valence-electron chi connectivity index (χ2n) is 9.33. The minimum Gasteiger partial charge on any atom is -0.380 e. The molecule has 6 heteroatoms. The molecule has 0 saturated carbocycles. The molecular weight excluding hydrogens is 434 g/mol. The van der Waals surface area contributed by atoms with Gasteiger partial charge in [0.25, 0.3) is 0 Å². The highest BCUT2D eigenvalue weighted by Crippen LogP contribution is 2.34. The number of rotatable bonds is 10. The second-order valence-corrected chi connectivity index (χ2v) is 9.33. The Morgan fingerprint density at radius 3 is 2.74 bits per heavy atom. The van der Waals surface area contributed by atoms with Crippen LogP contribution in [0.2, 0.25) is 0 Å². The lowest BCUT2D eigenvalue weighted by Gasteiger charge is -2.33. The molecular formula is C29H45N5O. The summed E-state index contributed by atoms with van der Waals surface area (Å²) in [6.07, 6.45) is 1.10. The Morgan fingerprint density at radius 1 is 1.20 bits per heavy atom. The average molecular weight is 480 g/mol. The predicted molar refractivity (Wildman–Crippen MR) is 148 cm³/mol. The fourth-order valence-corrected chi connectivity index (χ4v) is 4.86. The number of H-pyrrole nitrogens is 1. The van der Waals surface area contributed by atoms with Crippen molar-refractivity contribution in [2.75, 3.05) is 51.8 Å². The topological polar surface area (TPSA) is 56.4 Å². The molecule has 1 aliphatic rings. The van der Waals surface area contributed by atoms with E-state index in [9.17, 15) is 0 Å². The second kappa shape index (κ2) is 13.1. The Kier molecular flexibility index (Phi) is 10.1. The molecule has 1 aromatic carbocycles. The fraction of sp³-hybridized carbons (Fsp3) is 0.552. The lowest BCUT2D eigenvalue weighted by atomic mass is 9.97. The van der Waals surface area contributed by atoms with Crippen molar-refractivity contribution in [3.63, 3.8) is 0 Å². The van der Waals surface area contributed by atoms with Crippen molar-refractivity contribution in [2.45, 2.75) is 60.5 Å². The van der Waals surface area contributed by atoms with Crippen LogP contribution in [0.5, 0.6) is 0 Å². The molecule has 1 aliphatic heterocycles. The lowest BCUT2D eigenvalue weighted by Crippen LogP contribution is -2.37. The molecule has 35 heavy (non-hydrogen) atoms. The highest BCUT2D eigenvalue weighted by molar-refractivity contribution is 5.85. The molecule has 2 aromatic heterocycles. The van der Waals surface area contributed by atoms with Gasteiger partial charge < -0.3 is 15.0 Å². The van der Waals surface area contributed by atoms with Gasteiger partial charge in [-0.15, -0.1) is 0 Å². The number of likely N-dealkylation sites (N-methyl/N-ethyl adjacent to an activating group) is 1. The maximum absolute atomic E-state index is 5.46. The highest BCUT2D eigenvalue weighted by Gasteiger charge is 2.26. The minimum absolute atomic E-state index is 0.396. The number of anilines is 1. The van der Waals surface area contributed by atoms with Gasteiger partial charge >= 0.3 is 0 Å². The summed E-state index contributed by atoms with van der Waals surface area (Å²) in [6.45, 7) is 19.0. The Hall–Kier alpha value is -2.41. The van der Waals surface area contributed by atoms with E-state index in [1.54, 1.807) is 0 Å². The van der Waals surface area contributed by atoms with Crippen molar-refractivity contribution in [3.05, 3.63) is 58.4 Å². The standard InChI is InChI=1S/C27H39N5O.C2H6/c1-6-33-16-15-31(5)18-22-8-10-26(29-20(22)3)28-12-14-32-13-11-23-24-17-19(2)7-9-25(24)30-27(23)21(32)4;1-2/h7-10,17,21,30H,6,11-16,18H2,1-5H3,(H,28,29);1-2H3. The first-order valence-electron chi connectivity index (χ1n) is 13.3. The zero-order valence-electron chi connectivity index (χ0n) is 22.9. The van der Waals surface area contributed by atoms with Gasteiger partial charge in [-0.2, -0.15) is 0 Å². The molecule has 0 spiro atoms. The summed E-state index contributed by atoms with van der Waals surface area (Å²) in [6, 6.07) is 11.4. The van der Waals surface area contributed by atoms with Crippen molar-refractivity contribution < 1.29 is 4.74 Å². The maximum Gasteiger partial charge on any atom is 0.126 e. The molecule has 3 aromatic rings. The molecule has 0 saturated heterocycles. The Morgan fingerprint density at radius 2 is 2.00 bits per heavy atom. The Labute approximate surface area is 212 Å². The van der Waals surface area contributed by atoms with Gasteiger partial charge in [0.2, 0.25) is 0 Å². The van der Waals surface area contributed by atoms with Gasteiger partial charge in [0.05, 0.1) is 6.61 Å². The lowest BCUT2D eigenvalue weighted by molar-refractivity contribution is 0.120. The molecule has 3 heterocycles. The molecule has 2 N–H and O–H groups in total. The summed E-state index contributed by atoms with van der Waals surface area (Å²) >= 11 is 0. The third kappa shape index (κ3) is 6.84. The van der Waals surface area contributed by atoms with E-state index in [1.165, 1.54) is 33.3 Å². The van der Waals surface area contributed by atoms with Crippen LogP contribution >= 0.6 is 0 Å². The predicted octanol–water partition coefficient (Wildman–Crippen LogP) is 5.71. The van der Waals surface area contributed by atoms with Crippen LogP contribution in [0.3, 0.4) is 0 Å². The number of aryl methyl sites for hydroxylation is 2. The maximum atomic E-state index is 5.46. The molecule has 1 unspecified atom stereocenters. The van der Waals surface area contributed by atoms with Gasteiger partial charge in [0.1, 0.15) is 5.82 Å². The summed E-state index contributed by atoms with van der Waals surface area (Å²) in [5, 5.41) is 4.94. The summed E-state index contributed by atoms with van der Waals surface area (Å²) < 4.78 is 5.46. The molecule has 1 atom stereocenters. The zero-order valence-corrected chi connectivity index (χ0v) is 22.9. The van der Waals surface area contributed by atoms with Crippen LogP contribution in [0.25, 0.3) is 10.9 Å². The van der Waals surface area contributed by atoms with Crippen LogP contribution in [0.15, 0.2) is 30.3 Å². The first-order valence-corrected chi connectivity index (χ1v) is 13.3. The summed E-state index contributed by atoms with van der Waals surface area (Å²) in [5.41, 5.74) is 7.84. The number of nitrogens with zero attached hydrogens (tertiary/aromatic N) is 3. The van der Waals surface area contributed by atoms with Crippen molar-refractivity contribution >= 4 is 16.7 Å². The number of aromatic amines is 1. The number of pyridine rings is 1. The van der Waals surface area contributed by atoms with E-state index in [-0.39, 0.29) is 0 Å². The normalized spacial score (nSPS) is 15.7. The van der Waals surface area contributed by atoms with E-state index in [0.29, 0.717) is 6.04 Å². The van der Waals surface area contributed by atoms with Crippen LogP contribution in [-0.2, 0) is 17.7 Å². The number of nitrogens with one attached hydrogen (secondary N) is 2. The van der Waals surface area contributed by atoms with Crippen LogP contribution in [0.4, 0.5) is 5.82 Å². The molecule has 0 radical (unpaired) electrons. The molecule has 0 bridgehead atoms. The smallest absolute Gasteiger partial charge is 0.126 e. The van der Waals surface area contributed by atoms with Gasteiger partial charge in [0.15, 0.2) is 0 Å². The van der Waals surface area contributed by atoms with Crippen LogP contribution in [0.1, 0.15) is 61.8 Å². The number of hydrogen-bond acceptors (Lipinski definition) is 5. The minimum atomic E-state index is 0.396. The van der Waals surface area contributed by atoms with Crippen LogP contribution < -0.4 is 5.32 Å². The third-order valence-electron chi connectivity index (χ3n) is 6.87. The van der Waals surface area contributed by atoms with E-state index in [1.807, 2.05) is 20.8 Å². The quantitative estimate of drug-likeness (QED) is 0.365. The van der Waals surface area contributed by atoms with Crippen molar-refractivity contribution in [1.29, 1.82) is 0 Å². The number of ether oxygens (including phenoxy) is 1. The van der Waals surface area contributed by atoms with Gasteiger partial charge in [-0.1, -0.05) is 31.5 Å². The van der Waals surface area contributed by atoms with E-state index >= 15 is 0 Å². The summed E-state index contributed by atoms with van der Waals surface area (Å²) in [5.74, 6) is 0.958. The van der Waals surface area contributed by atoms with Gasteiger partial charge in [-0.05, 0) is 70.5 Å². The van der Waals surface area contributed by atoms with E-state index in [0.717, 1.165) is 63.9 Å². The molecule has 0 aliphatic carbocycles. The number of hydrogen-bond donors (Lipinski definition) is 2. The average Bonchev–Trinajstić information content (AvgIpc) is 3.22. The van der Waals surface area contributed by atoms with Crippen LogP contribution in [0, 0.1) is 13.8 Å². The van der Waals surface area contributed by atoms with Crippen molar-refractivity contribution in [2.24, 2.45) is 0 Å². The SMILES string of the molecule is CC.CCOCCN(C)Cc1ccc(NCCN2CCc3c([nH]c4ccc(C)cc34)C2C)nc1C. The van der Waals surface area contributed by atoms with Crippen molar-refractivity contribution in [1.82, 2.24) is 19.8 Å². The van der Waals surface area contributed by atoms with E-state index in [2.05, 4.69) is 78.3 Å². The molecule has 0 amide bonds. The highest BCUT2D eigenvalue weighted by atomic mass is 16.5. The van der Waals surface area contributed by atoms with E-state index < -0.39 is 0 Å². The summed E-state index contributed by atoms with van der Waals surface area (Å²) in [7, 11) is 2.13. The fourth-order valence-electron chi connectivity index (χ4n) is 4.86. The van der Waals surface area contributed by atoms with Gasteiger partial charge in [-0.25, -0.2) is 4.98 Å². The van der Waals surface area contributed by atoms with Crippen LogP contribution in [-0.4, -0.2) is 66.2 Å². The number of aromatic nitrogens is 2. The summed E-state index contributed by atoms with van der Waals surface area (Å²) in [4.78, 5) is 13.3. The first kappa shape index (κ1) is 27.2. The largest absolute Gasteiger partial charge is 0.380 e. The molecule has 0 fully saturated rings. The zero-order chi connectivity index (χ0) is 25.4. The first-order chi connectivity index (χ1) is 17.0. The Balaban J connectivity index is 0.00000167. The Bertz CT molecular complexity index is 1080. The number of benzene rings is 1. The van der Waals surface area contributed by atoms with Gasteiger partial charge in [-0.3, -0.25) is 9.80 Å². The molecule has 192 valence electrons. The molecule has 6 nitrogen and oxygen atoms in total. The van der Waals surface area contributed by atoms with Gasteiger partial charge in [0, 0.05) is 67.7 Å². The number of fused-ring (bicyclic) bond motifs is 3. The van der Waals surface area contributed by atoms with E-state index in [4.69, 9.17) is 9.72 Å². The molecule has 4 rings (SSSR count). The van der Waals surface area contributed by atoms with Crippen molar-refractivity contribution in [3.8, 4) is 0 Å². The third-order valence-corrected chi connectivity index (χ3v) is 6.87. The monoisotopic (exact) mass is 479 g/mol.